The normalized spacial score (nSPS) is 21.4. The van der Waals surface area contributed by atoms with Crippen molar-refractivity contribution in [3.63, 3.8) is 0 Å². The molecule has 2 heterocycles. The van der Waals surface area contributed by atoms with Gasteiger partial charge in [-0.05, 0) is 38.7 Å². The Morgan fingerprint density at radius 1 is 1.45 bits per heavy atom. The van der Waals surface area contributed by atoms with E-state index < -0.39 is 17.3 Å². The Labute approximate surface area is 190 Å². The van der Waals surface area contributed by atoms with Gasteiger partial charge in [-0.3, -0.25) is 4.99 Å². The van der Waals surface area contributed by atoms with Crippen molar-refractivity contribution < 1.29 is 18.3 Å². The molecule has 6 nitrogen and oxygen atoms in total. The van der Waals surface area contributed by atoms with Crippen LogP contribution in [0.25, 0.3) is 0 Å². The highest BCUT2D eigenvalue weighted by molar-refractivity contribution is 14.0. The summed E-state index contributed by atoms with van der Waals surface area (Å²) in [6.07, 6.45) is -0.322. The lowest BCUT2D eigenvalue weighted by molar-refractivity contribution is -0.137. The lowest BCUT2D eigenvalue weighted by Gasteiger charge is -2.35. The fraction of sp³-hybridized carbons (Fsp3) is 0.667. The zero-order valence-electron chi connectivity index (χ0n) is 16.1. The Morgan fingerprint density at radius 3 is 2.72 bits per heavy atom. The summed E-state index contributed by atoms with van der Waals surface area (Å²) in [7, 11) is 0. The van der Waals surface area contributed by atoms with Gasteiger partial charge in [0.1, 0.15) is 5.82 Å². The van der Waals surface area contributed by atoms with E-state index in [0.29, 0.717) is 38.0 Å². The van der Waals surface area contributed by atoms with Crippen LogP contribution < -0.4 is 15.5 Å². The first-order valence-corrected chi connectivity index (χ1v) is 9.83. The predicted molar refractivity (Wildman–Crippen MR) is 118 cm³/mol. The molecule has 1 aliphatic heterocycles. The lowest BCUT2D eigenvalue weighted by atomic mass is 9.80. The fourth-order valence-corrected chi connectivity index (χ4v) is 3.66. The van der Waals surface area contributed by atoms with Crippen molar-refractivity contribution in [1.29, 1.82) is 0 Å². The molecule has 1 aliphatic carbocycles. The van der Waals surface area contributed by atoms with Crippen molar-refractivity contribution in [3.8, 4) is 0 Å². The van der Waals surface area contributed by atoms with E-state index in [1.165, 1.54) is 0 Å². The van der Waals surface area contributed by atoms with E-state index in [1.54, 1.807) is 0 Å². The first kappa shape index (κ1) is 24.3. The van der Waals surface area contributed by atoms with Gasteiger partial charge in [0.05, 0.1) is 22.7 Å². The van der Waals surface area contributed by atoms with Crippen LogP contribution >= 0.6 is 35.6 Å². The van der Waals surface area contributed by atoms with E-state index in [4.69, 9.17) is 11.6 Å². The molecule has 0 aromatic carbocycles. The van der Waals surface area contributed by atoms with E-state index in [-0.39, 0.29) is 35.0 Å². The number of anilines is 1. The Balaban J connectivity index is 0.00000300. The average molecular weight is 548 g/mol. The number of guanidine groups is 1. The standard InChI is InChI=1S/C18H25ClF3N5O.HI/c1-2-23-16(25-11-17(28)5-3-6-17)26-13-4-7-27(10-13)15-14(19)8-12(9-24-15)18(20,21)22;/h8-9,13,28H,2-7,10-11H2,1H3,(H2,23,25,26);1H. The van der Waals surface area contributed by atoms with E-state index >= 15 is 0 Å². The van der Waals surface area contributed by atoms with Crippen LogP contribution in [0.15, 0.2) is 17.3 Å². The van der Waals surface area contributed by atoms with E-state index in [1.807, 2.05) is 11.8 Å². The highest BCUT2D eigenvalue weighted by Crippen LogP contribution is 2.34. The molecular formula is C18H26ClF3IN5O. The Bertz CT molecular complexity index is 730. The number of nitrogens with zero attached hydrogens (tertiary/aromatic N) is 3. The molecule has 1 aromatic heterocycles. The van der Waals surface area contributed by atoms with Gasteiger partial charge in [0, 0.05) is 31.9 Å². The Kier molecular flexibility index (Phi) is 8.25. The van der Waals surface area contributed by atoms with Crippen molar-refractivity contribution in [2.45, 2.75) is 50.4 Å². The summed E-state index contributed by atoms with van der Waals surface area (Å²) in [5.41, 5.74) is -1.55. The predicted octanol–water partition coefficient (Wildman–Crippen LogP) is 3.42. The highest BCUT2D eigenvalue weighted by atomic mass is 127. The fourth-order valence-electron chi connectivity index (χ4n) is 3.37. The van der Waals surface area contributed by atoms with Gasteiger partial charge in [-0.25, -0.2) is 4.98 Å². The second-order valence-electron chi connectivity index (χ2n) is 7.38. The molecule has 2 fully saturated rings. The minimum atomic E-state index is -4.47. The first-order chi connectivity index (χ1) is 13.2. The van der Waals surface area contributed by atoms with Crippen molar-refractivity contribution in [1.82, 2.24) is 15.6 Å². The third kappa shape index (κ3) is 6.24. The van der Waals surface area contributed by atoms with Crippen LogP contribution in [0.5, 0.6) is 0 Å². The second-order valence-corrected chi connectivity index (χ2v) is 7.78. The van der Waals surface area contributed by atoms with Crippen molar-refractivity contribution >= 4 is 47.4 Å². The average Bonchev–Trinajstić information content (AvgIpc) is 3.05. The minimum Gasteiger partial charge on any atom is -0.388 e. The highest BCUT2D eigenvalue weighted by Gasteiger charge is 2.35. The molecule has 1 atom stereocenters. The van der Waals surface area contributed by atoms with Gasteiger partial charge in [-0.15, -0.1) is 24.0 Å². The van der Waals surface area contributed by atoms with Crippen LogP contribution in [0.3, 0.4) is 0 Å². The quantitative estimate of drug-likeness (QED) is 0.299. The molecule has 1 aromatic rings. The number of hydrogen-bond acceptors (Lipinski definition) is 4. The van der Waals surface area contributed by atoms with Crippen molar-refractivity contribution in [2.75, 3.05) is 31.1 Å². The summed E-state index contributed by atoms with van der Waals surface area (Å²) < 4.78 is 38.3. The third-order valence-corrected chi connectivity index (χ3v) is 5.42. The van der Waals surface area contributed by atoms with Gasteiger partial charge in [0.15, 0.2) is 5.96 Å². The molecule has 0 spiro atoms. The van der Waals surface area contributed by atoms with Crippen molar-refractivity contribution in [2.24, 2.45) is 4.99 Å². The summed E-state index contributed by atoms with van der Waals surface area (Å²) >= 11 is 6.05. The van der Waals surface area contributed by atoms with Gasteiger partial charge in [0.2, 0.25) is 0 Å². The van der Waals surface area contributed by atoms with Crippen LogP contribution in [0.2, 0.25) is 5.02 Å². The summed E-state index contributed by atoms with van der Waals surface area (Å²) in [6, 6.07) is 0.962. The smallest absolute Gasteiger partial charge is 0.388 e. The molecule has 2 aliphatic rings. The molecule has 11 heteroatoms. The lowest BCUT2D eigenvalue weighted by Crippen LogP contribution is -2.46. The topological polar surface area (TPSA) is 72.8 Å². The van der Waals surface area contributed by atoms with Gasteiger partial charge in [0.25, 0.3) is 0 Å². The molecule has 29 heavy (non-hydrogen) atoms. The van der Waals surface area contributed by atoms with Gasteiger partial charge < -0.3 is 20.6 Å². The van der Waals surface area contributed by atoms with Crippen molar-refractivity contribution in [3.05, 3.63) is 22.8 Å². The number of aromatic nitrogens is 1. The maximum atomic E-state index is 12.8. The molecule has 1 saturated heterocycles. The number of aliphatic hydroxyl groups is 1. The number of halogens is 5. The number of aliphatic imine (C=N–C) groups is 1. The van der Waals surface area contributed by atoms with Gasteiger partial charge >= 0.3 is 6.18 Å². The molecule has 0 radical (unpaired) electrons. The number of rotatable bonds is 5. The van der Waals surface area contributed by atoms with Gasteiger partial charge in [-0.1, -0.05) is 11.6 Å². The van der Waals surface area contributed by atoms with Crippen LogP contribution in [0, 0.1) is 0 Å². The van der Waals surface area contributed by atoms with Crippen LogP contribution in [-0.4, -0.2) is 53.9 Å². The molecule has 0 bridgehead atoms. The molecule has 3 rings (SSSR count). The minimum absolute atomic E-state index is 0. The second kappa shape index (κ2) is 9.86. The molecule has 164 valence electrons. The summed E-state index contributed by atoms with van der Waals surface area (Å²) in [6.45, 7) is 4.17. The summed E-state index contributed by atoms with van der Waals surface area (Å²) in [5, 5.41) is 16.7. The largest absolute Gasteiger partial charge is 0.417 e. The maximum absolute atomic E-state index is 12.8. The molecular weight excluding hydrogens is 522 g/mol. The third-order valence-electron chi connectivity index (χ3n) is 5.14. The Hall–Kier alpha value is -1.01. The maximum Gasteiger partial charge on any atom is 0.417 e. The summed E-state index contributed by atoms with van der Waals surface area (Å²) in [5.74, 6) is 0.978. The number of nitrogens with one attached hydrogen (secondary N) is 2. The van der Waals surface area contributed by atoms with Gasteiger partial charge in [-0.2, -0.15) is 13.2 Å². The molecule has 1 saturated carbocycles. The molecule has 0 amide bonds. The molecule has 3 N–H and O–H groups in total. The summed E-state index contributed by atoms with van der Waals surface area (Å²) in [4.78, 5) is 10.3. The number of alkyl halides is 3. The first-order valence-electron chi connectivity index (χ1n) is 9.45. The van der Waals surface area contributed by atoms with E-state index in [9.17, 15) is 18.3 Å². The SMILES string of the molecule is CCNC(=NCC1(O)CCC1)NC1CCN(c2ncc(C(F)(F)F)cc2Cl)C1.I. The van der Waals surface area contributed by atoms with E-state index in [0.717, 1.165) is 37.9 Å². The number of hydrogen-bond donors (Lipinski definition) is 3. The number of pyridine rings is 1. The zero-order chi connectivity index (χ0) is 20.4. The Morgan fingerprint density at radius 2 is 2.17 bits per heavy atom. The van der Waals surface area contributed by atoms with Crippen LogP contribution in [-0.2, 0) is 6.18 Å². The van der Waals surface area contributed by atoms with E-state index in [2.05, 4.69) is 20.6 Å². The van der Waals surface area contributed by atoms with Crippen LogP contribution in [0.4, 0.5) is 19.0 Å². The zero-order valence-corrected chi connectivity index (χ0v) is 19.2. The van der Waals surface area contributed by atoms with Crippen LogP contribution in [0.1, 0.15) is 38.2 Å². The molecule has 1 unspecified atom stereocenters. The monoisotopic (exact) mass is 547 g/mol.